The summed E-state index contributed by atoms with van der Waals surface area (Å²) in [6.07, 6.45) is 0. The number of nitrogens with zero attached hydrogens (tertiary/aromatic N) is 3. The fourth-order valence-corrected chi connectivity index (χ4v) is 4.75. The maximum absolute atomic E-state index is 12.9. The second kappa shape index (κ2) is 10.7. The molecule has 3 aromatic rings. The first kappa shape index (κ1) is 24.5. The molecule has 0 radical (unpaired) electrons. The molecule has 34 heavy (non-hydrogen) atoms. The molecular weight excluding hydrogens is 471 g/mol. The van der Waals surface area contributed by atoms with Crippen molar-refractivity contribution in [2.75, 3.05) is 51.3 Å². The lowest BCUT2D eigenvalue weighted by Gasteiger charge is -2.36. The van der Waals surface area contributed by atoms with E-state index < -0.39 is 0 Å². The molecule has 8 heteroatoms. The van der Waals surface area contributed by atoms with Crippen molar-refractivity contribution in [1.82, 2.24) is 14.8 Å². The van der Waals surface area contributed by atoms with Crippen LogP contribution in [0.2, 0.25) is 10.0 Å². The van der Waals surface area contributed by atoms with Crippen molar-refractivity contribution >= 4 is 34.8 Å². The lowest BCUT2D eigenvalue weighted by atomic mass is 10.1. The number of ether oxygens (including phenoxy) is 1. The summed E-state index contributed by atoms with van der Waals surface area (Å²) >= 11 is 12.5. The van der Waals surface area contributed by atoms with Gasteiger partial charge in [0.25, 0.3) is 5.91 Å². The van der Waals surface area contributed by atoms with E-state index in [9.17, 15) is 4.79 Å². The van der Waals surface area contributed by atoms with Crippen LogP contribution < -0.4 is 15.0 Å². The van der Waals surface area contributed by atoms with Gasteiger partial charge < -0.3 is 19.5 Å². The zero-order valence-electron chi connectivity index (χ0n) is 19.8. The number of hydrogen-bond donors (Lipinski definition) is 1. The second-order valence-corrected chi connectivity index (χ2v) is 9.26. The fourth-order valence-electron chi connectivity index (χ4n) is 4.34. The molecule has 0 spiro atoms. The molecule has 1 fully saturated rings. The van der Waals surface area contributed by atoms with Crippen molar-refractivity contribution in [3.63, 3.8) is 0 Å². The van der Waals surface area contributed by atoms with Crippen LogP contribution in [-0.4, -0.2) is 61.8 Å². The Morgan fingerprint density at radius 2 is 1.76 bits per heavy atom. The van der Waals surface area contributed by atoms with E-state index in [1.807, 2.05) is 56.4 Å². The fraction of sp³-hybridized carbons (Fsp3) is 0.346. The molecular formula is C26H30Cl2N4O2. The Hall–Kier alpha value is -2.67. The van der Waals surface area contributed by atoms with E-state index in [0.29, 0.717) is 22.2 Å². The molecule has 2 aromatic carbocycles. The van der Waals surface area contributed by atoms with Crippen LogP contribution in [0.5, 0.6) is 5.75 Å². The average Bonchev–Trinajstić information content (AvgIpc) is 3.16. The Morgan fingerprint density at radius 3 is 2.44 bits per heavy atom. The van der Waals surface area contributed by atoms with E-state index in [1.165, 1.54) is 0 Å². The first-order valence-corrected chi connectivity index (χ1v) is 12.1. The van der Waals surface area contributed by atoms with Crippen LogP contribution in [0.4, 0.5) is 5.69 Å². The van der Waals surface area contributed by atoms with Crippen molar-refractivity contribution in [1.29, 1.82) is 0 Å². The van der Waals surface area contributed by atoms with Crippen LogP contribution in [-0.2, 0) is 7.05 Å². The first-order valence-electron chi connectivity index (χ1n) is 11.4. The minimum Gasteiger partial charge on any atom is -0.497 e. The monoisotopic (exact) mass is 500 g/mol. The van der Waals surface area contributed by atoms with Gasteiger partial charge in [-0.2, -0.15) is 0 Å². The summed E-state index contributed by atoms with van der Waals surface area (Å²) in [4.78, 5) is 17.5. The molecule has 1 amide bonds. The van der Waals surface area contributed by atoms with Crippen molar-refractivity contribution < 1.29 is 9.53 Å². The molecule has 0 bridgehead atoms. The van der Waals surface area contributed by atoms with Crippen LogP contribution in [0, 0.1) is 6.92 Å². The molecule has 0 saturated carbocycles. The third kappa shape index (κ3) is 5.19. The van der Waals surface area contributed by atoms with Gasteiger partial charge in [0.15, 0.2) is 0 Å². The topological polar surface area (TPSA) is 49.7 Å². The van der Waals surface area contributed by atoms with Gasteiger partial charge in [0.05, 0.1) is 28.4 Å². The molecule has 1 saturated heterocycles. The smallest absolute Gasteiger partial charge is 0.253 e. The highest BCUT2D eigenvalue weighted by Gasteiger charge is 2.21. The molecule has 1 aromatic heterocycles. The molecule has 6 nitrogen and oxygen atoms in total. The number of piperazine rings is 1. The molecule has 0 aliphatic carbocycles. The lowest BCUT2D eigenvalue weighted by Crippen LogP contribution is -2.48. The standard InChI is InChI=1S/C26H30Cl2N4O2/c1-18-21(17-24(30(18)2)19-7-9-20(34-3)10-8-19)26(33)29-11-12-31-13-15-32(16-14-31)23-6-4-5-22(27)25(23)28/h4-10,17H,11-16H2,1-3H3,(H,29,33). The van der Waals surface area contributed by atoms with Gasteiger partial charge in [-0.3, -0.25) is 9.69 Å². The Bertz CT molecular complexity index is 1150. The third-order valence-corrected chi connectivity index (χ3v) is 7.33. The number of carbonyl (C=O) groups excluding carboxylic acids is 1. The van der Waals surface area contributed by atoms with Crippen LogP contribution in [0.3, 0.4) is 0 Å². The maximum Gasteiger partial charge on any atom is 0.253 e. The predicted molar refractivity (Wildman–Crippen MR) is 140 cm³/mol. The number of amides is 1. The normalized spacial score (nSPS) is 14.3. The van der Waals surface area contributed by atoms with Crippen LogP contribution in [0.25, 0.3) is 11.3 Å². The molecule has 4 rings (SSSR count). The van der Waals surface area contributed by atoms with Crippen molar-refractivity contribution in [2.24, 2.45) is 7.05 Å². The highest BCUT2D eigenvalue weighted by molar-refractivity contribution is 6.43. The van der Waals surface area contributed by atoms with Gasteiger partial charge >= 0.3 is 0 Å². The highest BCUT2D eigenvalue weighted by Crippen LogP contribution is 2.33. The minimum absolute atomic E-state index is 0.0443. The third-order valence-electron chi connectivity index (χ3n) is 6.52. The van der Waals surface area contributed by atoms with Gasteiger partial charge in [0, 0.05) is 57.7 Å². The summed E-state index contributed by atoms with van der Waals surface area (Å²) in [6, 6.07) is 15.6. The SMILES string of the molecule is COc1ccc(-c2cc(C(=O)NCCN3CCN(c4cccc(Cl)c4Cl)CC3)c(C)n2C)cc1. The van der Waals surface area contributed by atoms with E-state index in [-0.39, 0.29) is 5.91 Å². The second-order valence-electron chi connectivity index (χ2n) is 8.47. The average molecular weight is 501 g/mol. The van der Waals surface area contributed by atoms with E-state index in [4.69, 9.17) is 27.9 Å². The van der Waals surface area contributed by atoms with Gasteiger partial charge in [0.1, 0.15) is 5.75 Å². The largest absolute Gasteiger partial charge is 0.497 e. The predicted octanol–water partition coefficient (Wildman–Crippen LogP) is 4.87. The van der Waals surface area contributed by atoms with E-state index in [1.54, 1.807) is 13.2 Å². The summed E-state index contributed by atoms with van der Waals surface area (Å²) in [6.45, 7) is 6.94. The summed E-state index contributed by atoms with van der Waals surface area (Å²) in [5.41, 5.74) is 4.67. The number of hydrogen-bond acceptors (Lipinski definition) is 4. The number of anilines is 1. The van der Waals surface area contributed by atoms with E-state index >= 15 is 0 Å². The van der Waals surface area contributed by atoms with E-state index in [0.717, 1.165) is 61.1 Å². The summed E-state index contributed by atoms with van der Waals surface area (Å²) in [7, 11) is 3.64. The molecule has 1 aliphatic rings. The number of carbonyl (C=O) groups is 1. The number of rotatable bonds is 7. The lowest BCUT2D eigenvalue weighted by molar-refractivity contribution is 0.0947. The van der Waals surface area contributed by atoms with Gasteiger partial charge in [-0.15, -0.1) is 0 Å². The minimum atomic E-state index is -0.0443. The molecule has 1 aliphatic heterocycles. The zero-order valence-corrected chi connectivity index (χ0v) is 21.3. The summed E-state index contributed by atoms with van der Waals surface area (Å²) in [5, 5.41) is 4.28. The van der Waals surface area contributed by atoms with Crippen LogP contribution >= 0.6 is 23.2 Å². The molecule has 0 unspecified atom stereocenters. The highest BCUT2D eigenvalue weighted by atomic mass is 35.5. The van der Waals surface area contributed by atoms with E-state index in [2.05, 4.69) is 19.7 Å². The Balaban J connectivity index is 1.30. The Kier molecular flexibility index (Phi) is 7.71. The van der Waals surface area contributed by atoms with Crippen LogP contribution in [0.15, 0.2) is 48.5 Å². The van der Waals surface area contributed by atoms with Crippen molar-refractivity contribution in [2.45, 2.75) is 6.92 Å². The zero-order chi connectivity index (χ0) is 24.2. The van der Waals surface area contributed by atoms with Gasteiger partial charge in [0.2, 0.25) is 0 Å². The Morgan fingerprint density at radius 1 is 1.06 bits per heavy atom. The number of aromatic nitrogens is 1. The van der Waals surface area contributed by atoms with Gasteiger partial charge in [-0.25, -0.2) is 0 Å². The Labute approximate surface area is 211 Å². The van der Waals surface area contributed by atoms with Gasteiger partial charge in [-0.1, -0.05) is 29.3 Å². The first-order chi connectivity index (χ1) is 16.4. The number of nitrogens with one attached hydrogen (secondary N) is 1. The quantitative estimate of drug-likeness (QED) is 0.502. The summed E-state index contributed by atoms with van der Waals surface area (Å²) in [5.74, 6) is 0.765. The van der Waals surface area contributed by atoms with Crippen LogP contribution in [0.1, 0.15) is 16.1 Å². The molecule has 1 N–H and O–H groups in total. The molecule has 180 valence electrons. The molecule has 2 heterocycles. The maximum atomic E-state index is 12.9. The summed E-state index contributed by atoms with van der Waals surface area (Å²) < 4.78 is 7.30. The van der Waals surface area contributed by atoms with Crippen molar-refractivity contribution in [3.05, 3.63) is 69.8 Å². The number of halogens is 2. The number of benzene rings is 2. The van der Waals surface area contributed by atoms with Crippen molar-refractivity contribution in [3.8, 4) is 17.0 Å². The molecule has 0 atom stereocenters. The number of methoxy groups -OCH3 is 1. The van der Waals surface area contributed by atoms with Gasteiger partial charge in [-0.05, 0) is 55.0 Å².